The number of hydrogen-bond acceptors (Lipinski definition) is 2. The molecule has 4 heteroatoms. The van der Waals surface area contributed by atoms with Crippen LogP contribution < -0.4 is 10.6 Å². The van der Waals surface area contributed by atoms with E-state index in [0.717, 1.165) is 19.0 Å². The third kappa shape index (κ3) is 6.81. The molecule has 2 N–H and O–H groups in total. The van der Waals surface area contributed by atoms with E-state index in [-0.39, 0.29) is 0 Å². The lowest BCUT2D eigenvalue weighted by atomic mass is 10.1. The summed E-state index contributed by atoms with van der Waals surface area (Å²) in [5.74, 6) is 1.00. The Morgan fingerprint density at radius 1 is 1.16 bits per heavy atom. The van der Waals surface area contributed by atoms with Crippen molar-refractivity contribution in [3.63, 3.8) is 0 Å². The van der Waals surface area contributed by atoms with Crippen LogP contribution in [0.15, 0.2) is 4.99 Å². The molecule has 1 aliphatic rings. The predicted octanol–water partition coefficient (Wildman–Crippen LogP) is 2.22. The molecule has 1 aliphatic heterocycles. The summed E-state index contributed by atoms with van der Waals surface area (Å²) in [6, 6.07) is 0.590. The average Bonchev–Trinajstić information content (AvgIpc) is 2.42. The van der Waals surface area contributed by atoms with Gasteiger partial charge in [0.25, 0.3) is 0 Å². The summed E-state index contributed by atoms with van der Waals surface area (Å²) >= 11 is 0. The molecule has 0 saturated carbocycles. The quantitative estimate of drug-likeness (QED) is 0.422. The van der Waals surface area contributed by atoms with Crippen molar-refractivity contribution in [3.8, 4) is 0 Å². The molecule has 0 aliphatic carbocycles. The molecule has 0 amide bonds. The molecule has 1 rings (SSSR count). The molecule has 4 nitrogen and oxygen atoms in total. The number of piperidine rings is 1. The highest BCUT2D eigenvalue weighted by atomic mass is 15.2. The van der Waals surface area contributed by atoms with Gasteiger partial charge in [0, 0.05) is 32.2 Å². The number of aliphatic imine (C=N–C) groups is 1. The lowest BCUT2D eigenvalue weighted by molar-refractivity contribution is 0.206. The fourth-order valence-electron chi connectivity index (χ4n) is 2.48. The Kier molecular flexibility index (Phi) is 8.63. The van der Waals surface area contributed by atoms with Gasteiger partial charge in [0.1, 0.15) is 0 Å². The highest BCUT2D eigenvalue weighted by molar-refractivity contribution is 5.80. The first-order chi connectivity index (χ1) is 9.30. The molecule has 0 spiro atoms. The SMILES string of the molecule is CCCCN=C(NCC)NC1CCN(CCC)CC1. The molecule has 0 bridgehead atoms. The average molecular weight is 268 g/mol. The molecule has 0 aromatic carbocycles. The van der Waals surface area contributed by atoms with Crippen LogP contribution in [0.3, 0.4) is 0 Å². The van der Waals surface area contributed by atoms with Gasteiger partial charge in [-0.1, -0.05) is 20.3 Å². The maximum Gasteiger partial charge on any atom is 0.191 e. The Balaban J connectivity index is 2.32. The van der Waals surface area contributed by atoms with Gasteiger partial charge in [-0.2, -0.15) is 0 Å². The Bertz CT molecular complexity index is 245. The van der Waals surface area contributed by atoms with Gasteiger partial charge in [-0.05, 0) is 39.2 Å². The van der Waals surface area contributed by atoms with Crippen LogP contribution in [0.1, 0.15) is 52.9 Å². The number of hydrogen-bond donors (Lipinski definition) is 2. The van der Waals surface area contributed by atoms with Gasteiger partial charge in [-0.25, -0.2) is 0 Å². The van der Waals surface area contributed by atoms with E-state index in [9.17, 15) is 0 Å². The van der Waals surface area contributed by atoms with Gasteiger partial charge >= 0.3 is 0 Å². The normalized spacial score (nSPS) is 18.6. The number of unbranched alkanes of at least 4 members (excludes halogenated alkanes) is 1. The van der Waals surface area contributed by atoms with Gasteiger partial charge in [0.05, 0.1) is 0 Å². The van der Waals surface area contributed by atoms with Crippen LogP contribution in [0.4, 0.5) is 0 Å². The van der Waals surface area contributed by atoms with Crippen molar-refractivity contribution in [3.05, 3.63) is 0 Å². The van der Waals surface area contributed by atoms with Crippen molar-refractivity contribution >= 4 is 5.96 Å². The van der Waals surface area contributed by atoms with Crippen LogP contribution in [0.5, 0.6) is 0 Å². The van der Waals surface area contributed by atoms with Crippen LogP contribution in [0, 0.1) is 0 Å². The van der Waals surface area contributed by atoms with Crippen molar-refractivity contribution < 1.29 is 0 Å². The zero-order chi connectivity index (χ0) is 13.9. The summed E-state index contributed by atoms with van der Waals surface area (Å²) in [5.41, 5.74) is 0. The third-order valence-electron chi connectivity index (χ3n) is 3.59. The monoisotopic (exact) mass is 268 g/mol. The summed E-state index contributed by atoms with van der Waals surface area (Å²) < 4.78 is 0. The first-order valence-electron chi connectivity index (χ1n) is 8.07. The molecule has 0 radical (unpaired) electrons. The van der Waals surface area contributed by atoms with Gasteiger partial charge < -0.3 is 15.5 Å². The molecule has 1 saturated heterocycles. The first kappa shape index (κ1) is 16.3. The Hall–Kier alpha value is -0.770. The first-order valence-corrected chi connectivity index (χ1v) is 8.07. The van der Waals surface area contributed by atoms with Crippen molar-refractivity contribution in [2.24, 2.45) is 4.99 Å². The molecule has 19 heavy (non-hydrogen) atoms. The van der Waals surface area contributed by atoms with E-state index in [1.54, 1.807) is 0 Å². The van der Waals surface area contributed by atoms with Crippen LogP contribution in [0.25, 0.3) is 0 Å². The van der Waals surface area contributed by atoms with E-state index < -0.39 is 0 Å². The van der Waals surface area contributed by atoms with Crippen LogP contribution in [-0.4, -0.2) is 49.6 Å². The van der Waals surface area contributed by atoms with Crippen LogP contribution >= 0.6 is 0 Å². The fourth-order valence-corrected chi connectivity index (χ4v) is 2.48. The van der Waals surface area contributed by atoms with Crippen molar-refractivity contribution in [2.45, 2.75) is 58.9 Å². The molecular formula is C15H32N4. The molecule has 0 atom stereocenters. The highest BCUT2D eigenvalue weighted by Gasteiger charge is 2.19. The van der Waals surface area contributed by atoms with Gasteiger partial charge in [-0.15, -0.1) is 0 Å². The molecule has 1 heterocycles. The molecule has 112 valence electrons. The smallest absolute Gasteiger partial charge is 0.191 e. The summed E-state index contributed by atoms with van der Waals surface area (Å²) in [7, 11) is 0. The second-order valence-electron chi connectivity index (χ2n) is 5.37. The van der Waals surface area contributed by atoms with E-state index in [4.69, 9.17) is 0 Å². The van der Waals surface area contributed by atoms with Crippen molar-refractivity contribution in [1.82, 2.24) is 15.5 Å². The topological polar surface area (TPSA) is 39.7 Å². The lowest BCUT2D eigenvalue weighted by Crippen LogP contribution is -2.48. The summed E-state index contributed by atoms with van der Waals surface area (Å²) in [4.78, 5) is 7.20. The maximum absolute atomic E-state index is 4.63. The Labute approximate surface area is 119 Å². The molecule has 0 unspecified atom stereocenters. The number of nitrogens with one attached hydrogen (secondary N) is 2. The predicted molar refractivity (Wildman–Crippen MR) is 83.8 cm³/mol. The van der Waals surface area contributed by atoms with Crippen LogP contribution in [-0.2, 0) is 0 Å². The minimum atomic E-state index is 0.590. The standard InChI is InChI=1S/C15H32N4/c1-4-7-10-17-15(16-6-3)18-14-8-12-19(11-5-2)13-9-14/h14H,4-13H2,1-3H3,(H2,16,17,18). The number of rotatable bonds is 7. The van der Waals surface area contributed by atoms with Gasteiger partial charge in [0.15, 0.2) is 5.96 Å². The van der Waals surface area contributed by atoms with E-state index in [0.29, 0.717) is 6.04 Å². The van der Waals surface area contributed by atoms with Gasteiger partial charge in [-0.3, -0.25) is 4.99 Å². The summed E-state index contributed by atoms with van der Waals surface area (Å²) in [6.07, 6.45) is 6.11. The number of likely N-dealkylation sites (tertiary alicyclic amines) is 1. The van der Waals surface area contributed by atoms with Gasteiger partial charge in [0.2, 0.25) is 0 Å². The largest absolute Gasteiger partial charge is 0.357 e. The summed E-state index contributed by atoms with van der Waals surface area (Å²) in [6.45, 7) is 12.2. The Morgan fingerprint density at radius 3 is 2.47 bits per heavy atom. The highest BCUT2D eigenvalue weighted by Crippen LogP contribution is 2.10. The number of guanidine groups is 1. The second-order valence-corrected chi connectivity index (χ2v) is 5.37. The molecular weight excluding hydrogens is 236 g/mol. The Morgan fingerprint density at radius 2 is 1.89 bits per heavy atom. The summed E-state index contributed by atoms with van der Waals surface area (Å²) in [5, 5.41) is 6.94. The van der Waals surface area contributed by atoms with E-state index in [1.807, 2.05) is 0 Å². The zero-order valence-corrected chi connectivity index (χ0v) is 13.0. The molecule has 0 aromatic heterocycles. The number of nitrogens with zero attached hydrogens (tertiary/aromatic N) is 2. The molecule has 0 aromatic rings. The zero-order valence-electron chi connectivity index (χ0n) is 13.0. The van der Waals surface area contributed by atoms with E-state index in [1.165, 1.54) is 51.7 Å². The minimum absolute atomic E-state index is 0.590. The van der Waals surface area contributed by atoms with E-state index in [2.05, 4.69) is 41.3 Å². The van der Waals surface area contributed by atoms with Crippen molar-refractivity contribution in [1.29, 1.82) is 0 Å². The third-order valence-corrected chi connectivity index (χ3v) is 3.59. The fraction of sp³-hybridized carbons (Fsp3) is 0.933. The maximum atomic E-state index is 4.63. The lowest BCUT2D eigenvalue weighted by Gasteiger charge is -2.32. The van der Waals surface area contributed by atoms with Crippen molar-refractivity contribution in [2.75, 3.05) is 32.7 Å². The van der Waals surface area contributed by atoms with Crippen LogP contribution in [0.2, 0.25) is 0 Å². The van der Waals surface area contributed by atoms with E-state index >= 15 is 0 Å². The minimum Gasteiger partial charge on any atom is -0.357 e. The molecule has 1 fully saturated rings. The second kappa shape index (κ2) is 10.1.